The Kier molecular flexibility index (Phi) is 4.24. The maximum absolute atomic E-state index is 12.3. The molecule has 1 aromatic rings. The predicted molar refractivity (Wildman–Crippen MR) is 76.8 cm³/mol. The second-order valence-electron chi connectivity index (χ2n) is 5.15. The first-order valence-corrected chi connectivity index (χ1v) is 6.72. The molecule has 0 spiro atoms. The van der Waals surface area contributed by atoms with Crippen LogP contribution in [0.25, 0.3) is 0 Å². The first-order valence-electron chi connectivity index (χ1n) is 6.72. The van der Waals surface area contributed by atoms with Gasteiger partial charge in [0.05, 0.1) is 12.1 Å². The third kappa shape index (κ3) is 3.59. The van der Waals surface area contributed by atoms with Gasteiger partial charge in [-0.05, 0) is 44.7 Å². The average Bonchev–Trinajstić information content (AvgIpc) is 3.21. The molecule has 1 aliphatic carbocycles. The normalized spacial score (nSPS) is 15.3. The van der Waals surface area contributed by atoms with Gasteiger partial charge in [-0.25, -0.2) is 0 Å². The molecule has 3 heteroatoms. The van der Waals surface area contributed by atoms with Gasteiger partial charge in [-0.15, -0.1) is 0 Å². The summed E-state index contributed by atoms with van der Waals surface area (Å²) >= 11 is 0. The van der Waals surface area contributed by atoms with E-state index in [1.165, 1.54) is 12.8 Å². The van der Waals surface area contributed by atoms with Crippen LogP contribution >= 0.6 is 0 Å². The Morgan fingerprint density at radius 2 is 2.26 bits per heavy atom. The van der Waals surface area contributed by atoms with Crippen molar-refractivity contribution in [3.05, 3.63) is 34.9 Å². The van der Waals surface area contributed by atoms with E-state index in [9.17, 15) is 4.79 Å². The molecule has 0 aliphatic heterocycles. The van der Waals surface area contributed by atoms with Crippen molar-refractivity contribution in [2.24, 2.45) is 11.7 Å². The van der Waals surface area contributed by atoms with Gasteiger partial charge in [0, 0.05) is 11.6 Å². The van der Waals surface area contributed by atoms with Gasteiger partial charge in [0.15, 0.2) is 0 Å². The maximum atomic E-state index is 12.3. The standard InChI is InChI=1S/C16H20N2O/c1-11-5-6-14(4-3-9-17)15(10-11)16(19)18-12(2)13-7-8-13/h5-6,10,12-13H,7-9,17H2,1-2H3,(H,18,19). The first kappa shape index (κ1) is 13.6. The van der Waals surface area contributed by atoms with Crippen molar-refractivity contribution in [3.8, 4) is 11.8 Å². The monoisotopic (exact) mass is 256 g/mol. The Morgan fingerprint density at radius 1 is 1.53 bits per heavy atom. The van der Waals surface area contributed by atoms with E-state index in [1.54, 1.807) is 0 Å². The van der Waals surface area contributed by atoms with Crippen LogP contribution < -0.4 is 11.1 Å². The highest BCUT2D eigenvalue weighted by Crippen LogP contribution is 2.32. The molecular formula is C16H20N2O. The molecule has 19 heavy (non-hydrogen) atoms. The van der Waals surface area contributed by atoms with Crippen LogP contribution in [0.1, 0.15) is 41.3 Å². The van der Waals surface area contributed by atoms with Crippen LogP contribution in [0.5, 0.6) is 0 Å². The van der Waals surface area contributed by atoms with Crippen LogP contribution in [-0.2, 0) is 0 Å². The third-order valence-corrected chi connectivity index (χ3v) is 3.43. The number of benzene rings is 1. The Hall–Kier alpha value is -1.79. The van der Waals surface area contributed by atoms with Crippen molar-refractivity contribution in [1.29, 1.82) is 0 Å². The zero-order valence-corrected chi connectivity index (χ0v) is 11.5. The Morgan fingerprint density at radius 3 is 2.89 bits per heavy atom. The van der Waals surface area contributed by atoms with Gasteiger partial charge in [0.1, 0.15) is 0 Å². The fourth-order valence-electron chi connectivity index (χ4n) is 2.10. The molecule has 0 bridgehead atoms. The average molecular weight is 256 g/mol. The third-order valence-electron chi connectivity index (χ3n) is 3.43. The molecule has 1 amide bonds. The fourth-order valence-corrected chi connectivity index (χ4v) is 2.10. The van der Waals surface area contributed by atoms with Crippen LogP contribution in [0.15, 0.2) is 18.2 Å². The molecule has 1 saturated carbocycles. The SMILES string of the molecule is Cc1ccc(C#CCN)c(C(=O)NC(C)C2CC2)c1. The van der Waals surface area contributed by atoms with E-state index in [0.717, 1.165) is 11.1 Å². The van der Waals surface area contributed by atoms with Crippen LogP contribution in [0.3, 0.4) is 0 Å². The molecular weight excluding hydrogens is 236 g/mol. The van der Waals surface area contributed by atoms with E-state index in [1.807, 2.05) is 25.1 Å². The minimum atomic E-state index is -0.0376. The van der Waals surface area contributed by atoms with E-state index in [2.05, 4.69) is 24.1 Å². The van der Waals surface area contributed by atoms with Crippen molar-refractivity contribution in [1.82, 2.24) is 5.32 Å². The zero-order chi connectivity index (χ0) is 13.8. The molecule has 1 aromatic carbocycles. The quantitative estimate of drug-likeness (QED) is 0.811. The molecule has 0 heterocycles. The van der Waals surface area contributed by atoms with E-state index in [4.69, 9.17) is 5.73 Å². The summed E-state index contributed by atoms with van der Waals surface area (Å²) in [5.41, 5.74) is 7.84. The molecule has 3 N–H and O–H groups in total. The lowest BCUT2D eigenvalue weighted by atomic mass is 10.0. The lowest BCUT2D eigenvalue weighted by Gasteiger charge is -2.14. The number of rotatable bonds is 3. The lowest BCUT2D eigenvalue weighted by Crippen LogP contribution is -2.34. The fraction of sp³-hybridized carbons (Fsp3) is 0.438. The minimum Gasteiger partial charge on any atom is -0.349 e. The maximum Gasteiger partial charge on any atom is 0.252 e. The highest BCUT2D eigenvalue weighted by molar-refractivity contribution is 5.97. The summed E-state index contributed by atoms with van der Waals surface area (Å²) in [6.45, 7) is 4.34. The van der Waals surface area contributed by atoms with Gasteiger partial charge in [-0.3, -0.25) is 4.79 Å². The van der Waals surface area contributed by atoms with Crippen molar-refractivity contribution in [3.63, 3.8) is 0 Å². The molecule has 1 aliphatic rings. The zero-order valence-electron chi connectivity index (χ0n) is 11.5. The topological polar surface area (TPSA) is 55.1 Å². The summed E-state index contributed by atoms with van der Waals surface area (Å²) in [6.07, 6.45) is 2.43. The van der Waals surface area contributed by atoms with Gasteiger partial charge in [0.25, 0.3) is 5.91 Å². The van der Waals surface area contributed by atoms with Gasteiger partial charge in [-0.2, -0.15) is 0 Å². The summed E-state index contributed by atoms with van der Waals surface area (Å²) in [5.74, 6) is 6.38. The summed E-state index contributed by atoms with van der Waals surface area (Å²) in [6, 6.07) is 5.97. The number of carbonyl (C=O) groups excluding carboxylic acids is 1. The molecule has 1 atom stereocenters. The predicted octanol–water partition coefficient (Wildman–Crippen LogP) is 1.83. The number of carbonyl (C=O) groups is 1. The van der Waals surface area contributed by atoms with Gasteiger partial charge in [-0.1, -0.05) is 23.5 Å². The second kappa shape index (κ2) is 5.90. The minimum absolute atomic E-state index is 0.0376. The molecule has 0 radical (unpaired) electrons. The van der Waals surface area contributed by atoms with E-state index in [-0.39, 0.29) is 11.9 Å². The van der Waals surface area contributed by atoms with Gasteiger partial charge in [0.2, 0.25) is 0 Å². The Balaban J connectivity index is 2.20. The van der Waals surface area contributed by atoms with Crippen molar-refractivity contribution >= 4 is 5.91 Å². The number of nitrogens with two attached hydrogens (primary N) is 1. The van der Waals surface area contributed by atoms with Gasteiger partial charge >= 0.3 is 0 Å². The molecule has 100 valence electrons. The number of hydrogen-bond donors (Lipinski definition) is 2. The molecule has 0 aromatic heterocycles. The summed E-state index contributed by atoms with van der Waals surface area (Å²) < 4.78 is 0. The molecule has 3 nitrogen and oxygen atoms in total. The number of aryl methyl sites for hydroxylation is 1. The number of hydrogen-bond acceptors (Lipinski definition) is 2. The van der Waals surface area contributed by atoms with E-state index < -0.39 is 0 Å². The summed E-state index contributed by atoms with van der Waals surface area (Å²) in [5, 5.41) is 3.06. The van der Waals surface area contributed by atoms with Crippen molar-refractivity contribution in [2.75, 3.05) is 6.54 Å². The summed E-state index contributed by atoms with van der Waals surface area (Å²) in [4.78, 5) is 12.3. The highest BCUT2D eigenvalue weighted by Gasteiger charge is 2.29. The molecule has 1 fully saturated rings. The van der Waals surface area contributed by atoms with Crippen molar-refractivity contribution in [2.45, 2.75) is 32.7 Å². The van der Waals surface area contributed by atoms with E-state index >= 15 is 0 Å². The van der Waals surface area contributed by atoms with Crippen LogP contribution in [0, 0.1) is 24.7 Å². The van der Waals surface area contributed by atoms with Crippen LogP contribution in [0.4, 0.5) is 0 Å². The lowest BCUT2D eigenvalue weighted by molar-refractivity contribution is 0.0935. The Bertz CT molecular complexity index is 535. The largest absolute Gasteiger partial charge is 0.349 e. The number of amides is 1. The van der Waals surface area contributed by atoms with E-state index in [0.29, 0.717) is 18.0 Å². The van der Waals surface area contributed by atoms with Crippen molar-refractivity contribution < 1.29 is 4.79 Å². The Labute approximate surface area is 114 Å². The molecule has 1 unspecified atom stereocenters. The molecule has 2 rings (SSSR count). The smallest absolute Gasteiger partial charge is 0.252 e. The van der Waals surface area contributed by atoms with Crippen LogP contribution in [-0.4, -0.2) is 18.5 Å². The first-order chi connectivity index (χ1) is 9.11. The van der Waals surface area contributed by atoms with Gasteiger partial charge < -0.3 is 11.1 Å². The van der Waals surface area contributed by atoms with Crippen LogP contribution in [0.2, 0.25) is 0 Å². The summed E-state index contributed by atoms with van der Waals surface area (Å²) in [7, 11) is 0. The number of nitrogens with one attached hydrogen (secondary N) is 1. The second-order valence-corrected chi connectivity index (χ2v) is 5.15. The highest BCUT2D eigenvalue weighted by atomic mass is 16.1. The molecule has 0 saturated heterocycles.